The summed E-state index contributed by atoms with van der Waals surface area (Å²) in [5.74, 6) is 2.73. The van der Waals surface area contributed by atoms with E-state index in [-0.39, 0.29) is 18.3 Å². The quantitative estimate of drug-likeness (QED) is 0.113. The lowest BCUT2D eigenvalue weighted by Crippen LogP contribution is -2.64. The molecular formula is C39H49Cl2N4O5+. The Kier molecular flexibility index (Phi) is 11.4. The van der Waals surface area contributed by atoms with E-state index >= 15 is 0 Å². The average Bonchev–Trinajstić information content (AvgIpc) is 3.65. The van der Waals surface area contributed by atoms with Crippen LogP contribution in [0.1, 0.15) is 67.7 Å². The van der Waals surface area contributed by atoms with E-state index in [1.54, 1.807) is 6.07 Å². The van der Waals surface area contributed by atoms with Crippen molar-refractivity contribution in [3.8, 4) is 17.2 Å². The van der Waals surface area contributed by atoms with E-state index < -0.39 is 0 Å². The van der Waals surface area contributed by atoms with Gasteiger partial charge in [0.15, 0.2) is 12.4 Å². The fourth-order valence-electron chi connectivity index (χ4n) is 8.70. The highest BCUT2D eigenvalue weighted by Crippen LogP contribution is 2.41. The zero-order valence-corrected chi connectivity index (χ0v) is 30.2. The lowest BCUT2D eigenvalue weighted by molar-refractivity contribution is -0.946. The largest absolute Gasteiger partial charge is 0.508 e. The lowest BCUT2D eigenvalue weighted by Gasteiger charge is -2.52. The van der Waals surface area contributed by atoms with Crippen LogP contribution in [0, 0.1) is 11.8 Å². The van der Waals surface area contributed by atoms with Gasteiger partial charge in [-0.3, -0.25) is 9.78 Å². The summed E-state index contributed by atoms with van der Waals surface area (Å²) in [6.07, 6.45) is 11.5. The fraction of sp³-hybridized carbons (Fsp3) is 0.538. The van der Waals surface area contributed by atoms with E-state index in [1.807, 2.05) is 24.4 Å². The van der Waals surface area contributed by atoms with Crippen molar-refractivity contribution < 1.29 is 28.6 Å². The van der Waals surface area contributed by atoms with Gasteiger partial charge in [0, 0.05) is 61.2 Å². The Balaban J connectivity index is 0.870. The van der Waals surface area contributed by atoms with Gasteiger partial charge in [-0.15, -0.1) is 0 Å². The van der Waals surface area contributed by atoms with Crippen molar-refractivity contribution in [1.82, 2.24) is 10.3 Å². The number of hydrogen-bond donors (Lipinski definition) is 3. The van der Waals surface area contributed by atoms with Crippen molar-refractivity contribution in [1.29, 1.82) is 0 Å². The number of fused-ring (bicyclic) bond motifs is 4. The fourth-order valence-corrected chi connectivity index (χ4v) is 9.34. The number of benzene rings is 2. The van der Waals surface area contributed by atoms with E-state index in [4.69, 9.17) is 42.4 Å². The molecule has 1 aliphatic carbocycles. The van der Waals surface area contributed by atoms with Crippen molar-refractivity contribution >= 4 is 34.8 Å². The number of rotatable bonds is 15. The zero-order chi connectivity index (χ0) is 34.5. The van der Waals surface area contributed by atoms with E-state index in [0.717, 1.165) is 41.7 Å². The number of carbonyl (C=O) groups is 1. The normalized spacial score (nSPS) is 23.7. The number of anilines is 1. The second-order valence-corrected chi connectivity index (χ2v) is 15.5. The van der Waals surface area contributed by atoms with Crippen LogP contribution in [0.4, 0.5) is 5.69 Å². The van der Waals surface area contributed by atoms with Gasteiger partial charge in [-0.1, -0.05) is 42.1 Å². The number of quaternary nitrogens is 1. The number of phenols is 1. The van der Waals surface area contributed by atoms with Gasteiger partial charge in [0.05, 0.1) is 48.6 Å². The molecular weight excluding hydrogens is 675 g/mol. The second kappa shape index (κ2) is 16.1. The van der Waals surface area contributed by atoms with Crippen LogP contribution in [0.5, 0.6) is 17.2 Å². The number of aromatic nitrogens is 1. The number of nitrogens with zero attached hydrogens (tertiary/aromatic N) is 2. The molecule has 11 heteroatoms. The Hall–Kier alpha value is -3.08. The van der Waals surface area contributed by atoms with Crippen molar-refractivity contribution in [2.24, 2.45) is 11.8 Å². The van der Waals surface area contributed by atoms with Crippen LogP contribution in [0.15, 0.2) is 48.7 Å². The molecule has 268 valence electrons. The lowest BCUT2D eigenvalue weighted by atomic mass is 9.82. The standard InChI is InChI=1S/C39H48Cl2N4O5/c40-32-18-26(22-42-13-9-29-20-30(46)21-35-38(29)50-25-37(47)44-35)19-33(41)39(32)48-17-5-14-45-15-10-28(11-16-45)36(23-45)49-24-31(27-6-1-2-7-27)34-8-3-4-12-43-34/h3-4,8,12,18-21,27-28,31,36,42H,1-2,5-7,9-11,13-17,22-25H2,(H-,44,46,47)/p+1/t28?,31?,36-,45?/m1/s1. The highest BCUT2D eigenvalue weighted by Gasteiger charge is 2.46. The number of ether oxygens (including phenoxy) is 3. The molecule has 1 unspecified atom stereocenters. The molecule has 3 saturated heterocycles. The smallest absolute Gasteiger partial charge is 0.262 e. The molecule has 5 aliphatic rings. The number of nitrogens with one attached hydrogen (secondary N) is 2. The van der Waals surface area contributed by atoms with Crippen LogP contribution in [0.25, 0.3) is 0 Å². The van der Waals surface area contributed by atoms with E-state index in [9.17, 15) is 9.90 Å². The number of pyridine rings is 1. The number of halogens is 2. The number of carbonyl (C=O) groups excluding carboxylic acids is 1. The van der Waals surface area contributed by atoms with E-state index in [1.165, 1.54) is 63.4 Å². The average molecular weight is 725 g/mol. The van der Waals surface area contributed by atoms with Crippen molar-refractivity contribution in [3.05, 3.63) is 75.5 Å². The third kappa shape index (κ3) is 8.34. The SMILES string of the molecule is O=C1COc2c(CCNCc3cc(Cl)c(OCCC[N+]45CCC(CC4)[C@H](OCC(c4ccccn4)C4CCCC4)C5)c(Cl)c3)cc(O)cc2N1. The van der Waals surface area contributed by atoms with Crippen molar-refractivity contribution in [2.75, 3.05) is 57.9 Å². The Morgan fingerprint density at radius 3 is 2.64 bits per heavy atom. The monoisotopic (exact) mass is 723 g/mol. The Morgan fingerprint density at radius 1 is 1.08 bits per heavy atom. The highest BCUT2D eigenvalue weighted by atomic mass is 35.5. The molecule has 2 bridgehead atoms. The zero-order valence-electron chi connectivity index (χ0n) is 28.7. The molecule has 9 nitrogen and oxygen atoms in total. The van der Waals surface area contributed by atoms with Crippen molar-refractivity contribution in [3.63, 3.8) is 0 Å². The third-order valence-electron chi connectivity index (χ3n) is 11.3. The minimum atomic E-state index is -0.234. The van der Waals surface area contributed by atoms with Gasteiger partial charge in [-0.2, -0.15) is 0 Å². The first-order valence-corrected chi connectivity index (χ1v) is 19.1. The molecule has 8 rings (SSSR count). The van der Waals surface area contributed by atoms with Gasteiger partial charge in [-0.05, 0) is 67.6 Å². The molecule has 5 heterocycles. The van der Waals surface area contributed by atoms with Crippen LogP contribution in [-0.4, -0.2) is 79.1 Å². The number of piperidine rings is 3. The number of hydrogen-bond acceptors (Lipinski definition) is 7. The molecule has 2 aromatic carbocycles. The van der Waals surface area contributed by atoms with Crippen molar-refractivity contribution in [2.45, 2.75) is 69.9 Å². The summed E-state index contributed by atoms with van der Waals surface area (Å²) < 4.78 is 19.7. The Labute approximate surface area is 305 Å². The molecule has 3 aromatic rings. The maximum Gasteiger partial charge on any atom is 0.262 e. The van der Waals surface area contributed by atoms with Gasteiger partial charge < -0.3 is 34.4 Å². The maximum atomic E-state index is 11.7. The topological polar surface area (TPSA) is 102 Å². The number of aromatic hydroxyl groups is 1. The molecule has 2 atom stereocenters. The van der Waals surface area contributed by atoms with Crippen LogP contribution in [-0.2, 0) is 22.5 Å². The van der Waals surface area contributed by atoms with Crippen LogP contribution in [0.2, 0.25) is 10.0 Å². The summed E-state index contributed by atoms with van der Waals surface area (Å²) >= 11 is 13.3. The third-order valence-corrected chi connectivity index (χ3v) is 11.9. The molecule has 1 aromatic heterocycles. The molecule has 3 N–H and O–H groups in total. The van der Waals surface area contributed by atoms with Crippen LogP contribution < -0.4 is 20.1 Å². The first-order chi connectivity index (χ1) is 24.4. The van der Waals surface area contributed by atoms with Gasteiger partial charge in [0.2, 0.25) is 0 Å². The van der Waals surface area contributed by atoms with Gasteiger partial charge in [0.1, 0.15) is 24.1 Å². The molecule has 4 aliphatic heterocycles. The van der Waals surface area contributed by atoms with E-state index in [2.05, 4.69) is 22.8 Å². The first kappa shape index (κ1) is 35.3. The minimum absolute atomic E-state index is 0.0338. The Bertz CT molecular complexity index is 1610. The maximum absolute atomic E-state index is 11.7. The predicted octanol–water partition coefficient (Wildman–Crippen LogP) is 7.13. The molecule has 0 spiro atoms. The summed E-state index contributed by atoms with van der Waals surface area (Å²) in [6.45, 7) is 7.09. The van der Waals surface area contributed by atoms with Crippen LogP contribution >= 0.6 is 23.2 Å². The molecule has 1 saturated carbocycles. The Morgan fingerprint density at radius 2 is 1.88 bits per heavy atom. The van der Waals surface area contributed by atoms with Crippen LogP contribution in [0.3, 0.4) is 0 Å². The molecule has 0 radical (unpaired) electrons. The van der Waals surface area contributed by atoms with E-state index in [0.29, 0.717) is 77.2 Å². The number of phenolic OH excluding ortho intramolecular Hbond substituents is 1. The van der Waals surface area contributed by atoms with Gasteiger partial charge >= 0.3 is 0 Å². The second-order valence-electron chi connectivity index (χ2n) is 14.6. The van der Waals surface area contributed by atoms with Gasteiger partial charge in [-0.25, -0.2) is 0 Å². The summed E-state index contributed by atoms with van der Waals surface area (Å²) in [5.41, 5.74) is 3.46. The summed E-state index contributed by atoms with van der Waals surface area (Å²) in [5, 5.41) is 17.2. The van der Waals surface area contributed by atoms with Gasteiger partial charge in [0.25, 0.3) is 5.91 Å². The molecule has 50 heavy (non-hydrogen) atoms. The predicted molar refractivity (Wildman–Crippen MR) is 195 cm³/mol. The number of amides is 1. The minimum Gasteiger partial charge on any atom is -0.508 e. The summed E-state index contributed by atoms with van der Waals surface area (Å²) in [6, 6.07) is 13.3. The highest BCUT2D eigenvalue weighted by molar-refractivity contribution is 6.37. The molecule has 4 fully saturated rings. The molecule has 1 amide bonds. The first-order valence-electron chi connectivity index (χ1n) is 18.3. The summed E-state index contributed by atoms with van der Waals surface area (Å²) in [4.78, 5) is 16.4. The summed E-state index contributed by atoms with van der Waals surface area (Å²) in [7, 11) is 0.